The Morgan fingerprint density at radius 2 is 1.86 bits per heavy atom. The molecule has 0 aromatic carbocycles. The van der Waals surface area contributed by atoms with Crippen LogP contribution in [0.4, 0.5) is 0 Å². The zero-order valence-corrected chi connectivity index (χ0v) is 8.96. The molecule has 0 aliphatic carbocycles. The van der Waals surface area contributed by atoms with E-state index in [1.54, 1.807) is 21.1 Å². The minimum atomic E-state index is -0.360. The highest BCUT2D eigenvalue weighted by Gasteiger charge is 2.08. The summed E-state index contributed by atoms with van der Waals surface area (Å²) in [5.41, 5.74) is 0.410. The maximum absolute atomic E-state index is 10.9. The van der Waals surface area contributed by atoms with Gasteiger partial charge in [0, 0.05) is 26.2 Å². The van der Waals surface area contributed by atoms with Gasteiger partial charge < -0.3 is 14.2 Å². The van der Waals surface area contributed by atoms with Crippen LogP contribution < -0.4 is 0 Å². The molecular weight excluding hydrogens is 184 g/mol. The Balaban J connectivity index is 3.46. The fourth-order valence-electron chi connectivity index (χ4n) is 0.792. The maximum Gasteiger partial charge on any atom is 0.333 e. The van der Waals surface area contributed by atoms with Crippen LogP contribution in [0.3, 0.4) is 0 Å². The predicted molar refractivity (Wildman–Crippen MR) is 52.3 cm³/mol. The Morgan fingerprint density at radius 1 is 1.29 bits per heavy atom. The second kappa shape index (κ2) is 7.53. The molecule has 0 spiro atoms. The molecule has 4 nitrogen and oxygen atoms in total. The van der Waals surface area contributed by atoms with Gasteiger partial charge in [-0.2, -0.15) is 0 Å². The van der Waals surface area contributed by atoms with Crippen LogP contribution in [0.2, 0.25) is 0 Å². The van der Waals surface area contributed by atoms with Gasteiger partial charge in [0.15, 0.2) is 0 Å². The van der Waals surface area contributed by atoms with Crippen LogP contribution in [0.15, 0.2) is 12.2 Å². The highest BCUT2D eigenvalue weighted by Crippen LogP contribution is 2.10. The summed E-state index contributed by atoms with van der Waals surface area (Å²) in [6.45, 7) is 5.44. The van der Waals surface area contributed by atoms with Crippen molar-refractivity contribution in [3.63, 3.8) is 0 Å². The molecule has 0 fully saturated rings. The molecule has 0 atom stereocenters. The molecule has 0 aromatic heterocycles. The largest absolute Gasteiger partial charge is 0.462 e. The van der Waals surface area contributed by atoms with Crippen molar-refractivity contribution in [1.82, 2.24) is 0 Å². The molecule has 0 N–H and O–H groups in total. The Kier molecular flexibility index (Phi) is 7.06. The molecular formula is C10H17O4. The topological polar surface area (TPSA) is 44.8 Å². The third-order valence-corrected chi connectivity index (χ3v) is 1.56. The van der Waals surface area contributed by atoms with E-state index in [1.165, 1.54) is 0 Å². The summed E-state index contributed by atoms with van der Waals surface area (Å²) < 4.78 is 14.7. The smallest absolute Gasteiger partial charge is 0.333 e. The van der Waals surface area contributed by atoms with Crippen molar-refractivity contribution in [3.05, 3.63) is 18.4 Å². The first-order valence-corrected chi connectivity index (χ1v) is 4.38. The first-order chi connectivity index (χ1) is 6.61. The second-order valence-corrected chi connectivity index (χ2v) is 2.80. The molecule has 0 saturated carbocycles. The summed E-state index contributed by atoms with van der Waals surface area (Å²) in [5, 5.41) is 0. The van der Waals surface area contributed by atoms with Crippen LogP contribution in [-0.4, -0.2) is 26.8 Å². The van der Waals surface area contributed by atoms with E-state index >= 15 is 0 Å². The zero-order chi connectivity index (χ0) is 11.0. The van der Waals surface area contributed by atoms with Gasteiger partial charge in [0.25, 0.3) is 0 Å². The molecule has 0 rings (SSSR count). The summed E-state index contributed by atoms with van der Waals surface area (Å²) in [7, 11) is 3.08. The van der Waals surface area contributed by atoms with E-state index in [0.29, 0.717) is 31.3 Å². The summed E-state index contributed by atoms with van der Waals surface area (Å²) in [6, 6.07) is 0. The Bertz CT molecular complexity index is 185. The maximum atomic E-state index is 10.9. The van der Waals surface area contributed by atoms with Crippen LogP contribution in [0.5, 0.6) is 0 Å². The normalized spacial score (nSPS) is 10.3. The lowest BCUT2D eigenvalue weighted by atomic mass is 10.3. The van der Waals surface area contributed by atoms with Crippen LogP contribution >= 0.6 is 0 Å². The lowest BCUT2D eigenvalue weighted by molar-refractivity contribution is -0.139. The van der Waals surface area contributed by atoms with E-state index in [-0.39, 0.29) is 5.97 Å². The van der Waals surface area contributed by atoms with Gasteiger partial charge >= 0.3 is 5.97 Å². The van der Waals surface area contributed by atoms with Gasteiger partial charge in [-0.1, -0.05) is 6.58 Å². The number of esters is 1. The van der Waals surface area contributed by atoms with Crippen LogP contribution in [-0.2, 0) is 19.0 Å². The van der Waals surface area contributed by atoms with Crippen molar-refractivity contribution in [2.24, 2.45) is 0 Å². The molecule has 1 radical (unpaired) electrons. The highest BCUT2D eigenvalue weighted by atomic mass is 16.7. The van der Waals surface area contributed by atoms with Crippen molar-refractivity contribution < 1.29 is 19.0 Å². The van der Waals surface area contributed by atoms with Crippen LogP contribution in [0, 0.1) is 6.29 Å². The quantitative estimate of drug-likeness (QED) is 0.357. The van der Waals surface area contributed by atoms with E-state index in [1.807, 2.05) is 0 Å². The molecule has 0 heterocycles. The highest BCUT2D eigenvalue weighted by molar-refractivity contribution is 5.86. The van der Waals surface area contributed by atoms with Crippen molar-refractivity contribution >= 4 is 5.97 Å². The monoisotopic (exact) mass is 201 g/mol. The van der Waals surface area contributed by atoms with Gasteiger partial charge in [-0.3, -0.25) is 0 Å². The van der Waals surface area contributed by atoms with Crippen LogP contribution in [0.25, 0.3) is 0 Å². The number of hydrogen-bond acceptors (Lipinski definition) is 4. The van der Waals surface area contributed by atoms with Crippen molar-refractivity contribution in [2.45, 2.75) is 19.8 Å². The molecule has 0 saturated heterocycles. The number of hydrogen-bond donors (Lipinski definition) is 0. The lowest BCUT2D eigenvalue weighted by Crippen LogP contribution is -2.09. The average Bonchev–Trinajstić information content (AvgIpc) is 2.17. The predicted octanol–water partition coefficient (Wildman–Crippen LogP) is 1.67. The van der Waals surface area contributed by atoms with Crippen molar-refractivity contribution in [2.75, 3.05) is 20.8 Å². The van der Waals surface area contributed by atoms with Crippen LogP contribution in [0.1, 0.15) is 19.8 Å². The summed E-state index contributed by atoms with van der Waals surface area (Å²) >= 11 is 0. The van der Waals surface area contributed by atoms with Gasteiger partial charge in [0.2, 0.25) is 6.29 Å². The summed E-state index contributed by atoms with van der Waals surface area (Å²) in [4.78, 5) is 10.9. The van der Waals surface area contributed by atoms with E-state index in [4.69, 9.17) is 14.2 Å². The van der Waals surface area contributed by atoms with Gasteiger partial charge in [-0.15, -0.1) is 0 Å². The molecule has 4 heteroatoms. The van der Waals surface area contributed by atoms with Crippen molar-refractivity contribution in [3.8, 4) is 0 Å². The lowest BCUT2D eigenvalue weighted by Gasteiger charge is -2.10. The molecule has 0 aliphatic heterocycles. The third kappa shape index (κ3) is 5.72. The molecule has 0 aromatic rings. The first kappa shape index (κ1) is 13.1. The van der Waals surface area contributed by atoms with Gasteiger partial charge in [-0.25, -0.2) is 4.79 Å². The molecule has 81 valence electrons. The van der Waals surface area contributed by atoms with E-state index in [9.17, 15) is 4.79 Å². The molecule has 0 aliphatic rings. The SMILES string of the molecule is C=C(C)C(=O)OCCC[C](OC)OC. The zero-order valence-electron chi connectivity index (χ0n) is 8.96. The standard InChI is InChI=1S/C10H17O4/c1-8(2)10(11)14-7-5-6-9(12-3)13-4/h1,5-7H2,2-4H3. The fraction of sp³-hybridized carbons (Fsp3) is 0.600. The number of carbonyl (C=O) groups is 1. The van der Waals surface area contributed by atoms with Gasteiger partial charge in [0.1, 0.15) is 0 Å². The Hall–Kier alpha value is -0.870. The number of methoxy groups -OCH3 is 2. The van der Waals surface area contributed by atoms with Gasteiger partial charge in [0.05, 0.1) is 6.61 Å². The molecule has 0 bridgehead atoms. The van der Waals surface area contributed by atoms with Gasteiger partial charge in [-0.05, 0) is 13.3 Å². The minimum Gasteiger partial charge on any atom is -0.462 e. The van der Waals surface area contributed by atoms with Crippen molar-refractivity contribution in [1.29, 1.82) is 0 Å². The first-order valence-electron chi connectivity index (χ1n) is 4.38. The average molecular weight is 201 g/mol. The Morgan fingerprint density at radius 3 is 2.29 bits per heavy atom. The molecule has 0 amide bonds. The number of rotatable bonds is 7. The Labute approximate surface area is 84.8 Å². The second-order valence-electron chi connectivity index (χ2n) is 2.80. The summed E-state index contributed by atoms with van der Waals surface area (Å²) in [6.07, 6.45) is 1.84. The fourth-order valence-corrected chi connectivity index (χ4v) is 0.792. The number of ether oxygens (including phenoxy) is 3. The summed E-state index contributed by atoms with van der Waals surface area (Å²) in [5.74, 6) is -0.360. The molecule has 14 heavy (non-hydrogen) atoms. The minimum absolute atomic E-state index is 0.349. The van der Waals surface area contributed by atoms with E-state index < -0.39 is 0 Å². The number of carbonyl (C=O) groups excluding carboxylic acids is 1. The van der Waals surface area contributed by atoms with E-state index in [0.717, 1.165) is 0 Å². The molecule has 0 unspecified atom stereocenters. The third-order valence-electron chi connectivity index (χ3n) is 1.56. The van der Waals surface area contributed by atoms with E-state index in [2.05, 4.69) is 6.58 Å².